The molecule has 9 nitrogen and oxygen atoms in total. The predicted molar refractivity (Wildman–Crippen MR) is 83.2 cm³/mol. The lowest BCUT2D eigenvalue weighted by atomic mass is 9.87. The van der Waals surface area contributed by atoms with E-state index in [1.54, 1.807) is 0 Å². The Bertz CT molecular complexity index is 467. The summed E-state index contributed by atoms with van der Waals surface area (Å²) in [6.07, 6.45) is -7.67. The van der Waals surface area contributed by atoms with Crippen molar-refractivity contribution in [2.24, 2.45) is 5.73 Å². The van der Waals surface area contributed by atoms with Crippen LogP contribution in [-0.2, 0) is 9.53 Å². The molecule has 0 spiro atoms. The summed E-state index contributed by atoms with van der Waals surface area (Å²) in [6, 6.07) is -1.01. The second-order valence-corrected chi connectivity index (χ2v) is 6.56. The molecule has 0 bridgehead atoms. The number of aliphatic carboxylic acids is 1. The monoisotopic (exact) mass is 387 g/mol. The Balaban J connectivity index is 2.56. The zero-order valence-corrected chi connectivity index (χ0v) is 14.2. The average Bonchev–Trinajstić information content (AvgIpc) is 2.58. The van der Waals surface area contributed by atoms with E-state index in [0.29, 0.717) is 19.3 Å². The molecule has 0 amide bonds. The largest absolute Gasteiger partial charge is 0.480 e. The van der Waals surface area contributed by atoms with Crippen molar-refractivity contribution >= 4 is 5.97 Å². The average molecular weight is 387 g/mol. The molecular weight excluding hydrogens is 360 g/mol. The maximum Gasteiger partial charge on any atom is 0.320 e. The van der Waals surface area contributed by atoms with Crippen LogP contribution < -0.4 is 5.73 Å². The van der Waals surface area contributed by atoms with Crippen LogP contribution >= 0.6 is 0 Å². The van der Waals surface area contributed by atoms with Crippen LogP contribution in [0.3, 0.4) is 0 Å². The number of unbranched alkanes of at least 4 members (excludes halogenated alkanes) is 3. The number of halogens is 2. The summed E-state index contributed by atoms with van der Waals surface area (Å²) < 4.78 is 33.4. The second kappa shape index (κ2) is 9.31. The molecule has 0 aromatic rings. The number of alkyl halides is 2. The van der Waals surface area contributed by atoms with E-state index in [2.05, 4.69) is 4.74 Å². The minimum Gasteiger partial charge on any atom is -0.480 e. The van der Waals surface area contributed by atoms with E-state index in [1.165, 1.54) is 0 Å². The first-order chi connectivity index (χ1) is 12.0. The van der Waals surface area contributed by atoms with Gasteiger partial charge >= 0.3 is 11.9 Å². The molecule has 0 aromatic carbocycles. The van der Waals surface area contributed by atoms with Crippen LogP contribution in [0.25, 0.3) is 0 Å². The van der Waals surface area contributed by atoms with Crippen LogP contribution in [-0.4, -0.2) is 85.4 Å². The van der Waals surface area contributed by atoms with Gasteiger partial charge in [0.25, 0.3) is 5.79 Å². The SMILES string of the molecule is N[C@@H](CCCCCCC(F)(F)C1(O)O[C@H](CO)[C@H](O)[C@H](O)[C@H]1O)C(=O)O. The van der Waals surface area contributed by atoms with E-state index < -0.39 is 61.2 Å². The number of rotatable bonds is 10. The number of hydrogen-bond donors (Lipinski definition) is 7. The third-order valence-electron chi connectivity index (χ3n) is 4.56. The van der Waals surface area contributed by atoms with Gasteiger partial charge in [-0.1, -0.05) is 19.3 Å². The Labute approximate surface area is 149 Å². The van der Waals surface area contributed by atoms with Gasteiger partial charge in [0, 0.05) is 6.42 Å². The summed E-state index contributed by atoms with van der Waals surface area (Å²) in [5.74, 6) is -8.55. The molecule has 154 valence electrons. The highest BCUT2D eigenvalue weighted by molar-refractivity contribution is 5.72. The van der Waals surface area contributed by atoms with Crippen molar-refractivity contribution in [2.75, 3.05) is 6.61 Å². The van der Waals surface area contributed by atoms with E-state index >= 15 is 0 Å². The van der Waals surface area contributed by atoms with Crippen LogP contribution in [0.5, 0.6) is 0 Å². The van der Waals surface area contributed by atoms with E-state index in [9.17, 15) is 34.0 Å². The maximum absolute atomic E-state index is 14.4. The molecule has 1 aliphatic rings. The number of ether oxygens (including phenoxy) is 1. The Hall–Kier alpha value is -0.950. The minimum absolute atomic E-state index is 0.0733. The number of nitrogens with two attached hydrogens (primary N) is 1. The zero-order valence-electron chi connectivity index (χ0n) is 14.2. The van der Waals surface area contributed by atoms with E-state index in [0.717, 1.165) is 0 Å². The molecule has 1 fully saturated rings. The lowest BCUT2D eigenvalue weighted by molar-refractivity contribution is -0.412. The standard InChI is InChI=1S/C15H27F2NO8/c16-14(17,6-4-2-1-3-5-8(18)13(23)24)15(25)12(22)11(21)10(20)9(7-19)26-15/h8-12,19-22,25H,1-7,18H2,(H,23,24)/t8-,9+,10-,11-,12+,15?/m0/s1. The van der Waals surface area contributed by atoms with Gasteiger partial charge in [0.2, 0.25) is 0 Å². The molecule has 1 saturated heterocycles. The van der Waals surface area contributed by atoms with Crippen molar-refractivity contribution < 1.29 is 49.0 Å². The molecule has 6 atom stereocenters. The van der Waals surface area contributed by atoms with Gasteiger partial charge in [0.15, 0.2) is 0 Å². The van der Waals surface area contributed by atoms with Crippen molar-refractivity contribution in [3.8, 4) is 0 Å². The highest BCUT2D eigenvalue weighted by Crippen LogP contribution is 2.42. The van der Waals surface area contributed by atoms with Crippen molar-refractivity contribution in [1.29, 1.82) is 0 Å². The highest BCUT2D eigenvalue weighted by atomic mass is 19.3. The van der Waals surface area contributed by atoms with Crippen LogP contribution in [0, 0.1) is 0 Å². The summed E-state index contributed by atoms with van der Waals surface area (Å²) in [5, 5.41) is 56.7. The van der Waals surface area contributed by atoms with Gasteiger partial charge in [0.1, 0.15) is 30.5 Å². The predicted octanol–water partition coefficient (Wildman–Crippen LogP) is -1.46. The number of aliphatic hydroxyl groups is 5. The minimum atomic E-state index is -3.96. The molecule has 1 rings (SSSR count). The number of aliphatic hydroxyl groups excluding tert-OH is 4. The third kappa shape index (κ3) is 5.06. The lowest BCUT2D eigenvalue weighted by Crippen LogP contribution is -2.71. The summed E-state index contributed by atoms with van der Waals surface area (Å²) in [7, 11) is 0. The van der Waals surface area contributed by atoms with Crippen molar-refractivity contribution in [3.05, 3.63) is 0 Å². The first-order valence-corrected chi connectivity index (χ1v) is 8.39. The summed E-state index contributed by atoms with van der Waals surface area (Å²) in [4.78, 5) is 10.5. The summed E-state index contributed by atoms with van der Waals surface area (Å²) in [6.45, 7) is -0.937. The molecule has 26 heavy (non-hydrogen) atoms. The lowest BCUT2D eigenvalue weighted by Gasteiger charge is -2.48. The number of carboxylic acids is 1. The molecule has 0 radical (unpaired) electrons. The fourth-order valence-corrected chi connectivity index (χ4v) is 2.82. The molecule has 0 aliphatic carbocycles. The number of carboxylic acid groups (broad SMARTS) is 1. The van der Waals surface area contributed by atoms with E-state index in [1.807, 2.05) is 0 Å². The van der Waals surface area contributed by atoms with Crippen LogP contribution in [0.2, 0.25) is 0 Å². The normalized spacial score (nSPS) is 33.8. The van der Waals surface area contributed by atoms with Gasteiger partial charge in [0.05, 0.1) is 6.61 Å². The molecule has 1 unspecified atom stereocenters. The van der Waals surface area contributed by atoms with E-state index in [4.69, 9.17) is 15.9 Å². The van der Waals surface area contributed by atoms with Gasteiger partial charge in [-0.3, -0.25) is 4.79 Å². The maximum atomic E-state index is 14.4. The quantitative estimate of drug-likeness (QED) is 0.221. The van der Waals surface area contributed by atoms with Gasteiger partial charge in [-0.05, 0) is 12.8 Å². The van der Waals surface area contributed by atoms with Crippen LogP contribution in [0.4, 0.5) is 8.78 Å². The Morgan fingerprint density at radius 3 is 2.27 bits per heavy atom. The fraction of sp³-hybridized carbons (Fsp3) is 0.933. The Kier molecular flexibility index (Phi) is 8.27. The zero-order chi connectivity index (χ0) is 20.1. The van der Waals surface area contributed by atoms with Crippen LogP contribution in [0.1, 0.15) is 38.5 Å². The van der Waals surface area contributed by atoms with Gasteiger partial charge < -0.3 is 41.1 Å². The molecule has 1 aliphatic heterocycles. The summed E-state index contributed by atoms with van der Waals surface area (Å²) >= 11 is 0. The first-order valence-electron chi connectivity index (χ1n) is 8.39. The van der Waals surface area contributed by atoms with Gasteiger partial charge in [-0.2, -0.15) is 0 Å². The molecular formula is C15H27F2NO8. The molecule has 11 heteroatoms. The van der Waals surface area contributed by atoms with Crippen LogP contribution in [0.15, 0.2) is 0 Å². The molecule has 8 N–H and O–H groups in total. The Morgan fingerprint density at radius 2 is 1.73 bits per heavy atom. The van der Waals surface area contributed by atoms with Gasteiger partial charge in [-0.25, -0.2) is 8.78 Å². The number of carbonyl (C=O) groups is 1. The van der Waals surface area contributed by atoms with Crippen molar-refractivity contribution in [3.63, 3.8) is 0 Å². The molecule has 0 aromatic heterocycles. The van der Waals surface area contributed by atoms with Crippen molar-refractivity contribution in [1.82, 2.24) is 0 Å². The van der Waals surface area contributed by atoms with Gasteiger partial charge in [-0.15, -0.1) is 0 Å². The second-order valence-electron chi connectivity index (χ2n) is 6.56. The Morgan fingerprint density at radius 1 is 1.15 bits per heavy atom. The third-order valence-corrected chi connectivity index (χ3v) is 4.56. The smallest absolute Gasteiger partial charge is 0.320 e. The molecule has 0 saturated carbocycles. The van der Waals surface area contributed by atoms with Crippen molar-refractivity contribution in [2.45, 2.75) is 80.7 Å². The first kappa shape index (κ1) is 23.1. The topological polar surface area (TPSA) is 174 Å². The molecule has 1 heterocycles. The highest BCUT2D eigenvalue weighted by Gasteiger charge is 2.65. The summed E-state index contributed by atoms with van der Waals surface area (Å²) in [5.41, 5.74) is 5.32. The number of hydrogen-bond acceptors (Lipinski definition) is 8. The fourth-order valence-electron chi connectivity index (χ4n) is 2.82. The van der Waals surface area contributed by atoms with E-state index in [-0.39, 0.29) is 12.8 Å².